The van der Waals surface area contributed by atoms with Crippen molar-refractivity contribution in [2.75, 3.05) is 13.1 Å². The number of benzene rings is 1. The van der Waals surface area contributed by atoms with Crippen LogP contribution >= 0.6 is 0 Å². The highest BCUT2D eigenvalue weighted by Crippen LogP contribution is 2.31. The van der Waals surface area contributed by atoms with Gasteiger partial charge in [-0.1, -0.05) is 31.0 Å². The van der Waals surface area contributed by atoms with E-state index >= 15 is 0 Å². The Morgan fingerprint density at radius 2 is 1.90 bits per heavy atom. The number of piperidine rings is 1. The molecular formula is C25H32FN3O. The fourth-order valence-electron chi connectivity index (χ4n) is 5.06. The first-order chi connectivity index (χ1) is 14.7. The van der Waals surface area contributed by atoms with Crippen LogP contribution in [-0.4, -0.2) is 28.9 Å². The van der Waals surface area contributed by atoms with Crippen LogP contribution in [0.1, 0.15) is 62.2 Å². The van der Waals surface area contributed by atoms with Crippen LogP contribution in [0.2, 0.25) is 0 Å². The van der Waals surface area contributed by atoms with Gasteiger partial charge in [-0.05, 0) is 73.9 Å². The molecule has 0 unspecified atom stereocenters. The standard InChI is InChI=1S/C25H32FN3O/c26-22-12-10-20(11-13-22)17-29-15-5-8-21(18-29)25(23-9-3-4-14-27-23)28-24(30)16-19-6-1-2-7-19/h3-4,9-14,19,21,25H,1-2,5-8,15-18H2,(H,28,30)/t21-,25+/m0/s1. The number of carbonyl (C=O) groups excluding carboxylic acids is 1. The van der Waals surface area contributed by atoms with E-state index in [0.717, 1.165) is 43.7 Å². The minimum Gasteiger partial charge on any atom is -0.347 e. The van der Waals surface area contributed by atoms with Gasteiger partial charge in [0.25, 0.3) is 0 Å². The zero-order valence-corrected chi connectivity index (χ0v) is 17.6. The lowest BCUT2D eigenvalue weighted by molar-refractivity contribution is -0.123. The smallest absolute Gasteiger partial charge is 0.220 e. The van der Waals surface area contributed by atoms with Crippen molar-refractivity contribution in [1.82, 2.24) is 15.2 Å². The van der Waals surface area contributed by atoms with Gasteiger partial charge < -0.3 is 5.32 Å². The molecule has 2 heterocycles. The van der Waals surface area contributed by atoms with Crippen molar-refractivity contribution in [2.24, 2.45) is 11.8 Å². The van der Waals surface area contributed by atoms with Gasteiger partial charge in [-0.2, -0.15) is 0 Å². The second-order valence-corrected chi connectivity index (χ2v) is 8.92. The number of likely N-dealkylation sites (tertiary alicyclic amines) is 1. The van der Waals surface area contributed by atoms with Gasteiger partial charge in [-0.25, -0.2) is 4.39 Å². The van der Waals surface area contributed by atoms with E-state index in [0.29, 0.717) is 18.3 Å². The first kappa shape index (κ1) is 21.0. The van der Waals surface area contributed by atoms with E-state index < -0.39 is 0 Å². The van der Waals surface area contributed by atoms with Crippen LogP contribution in [0.15, 0.2) is 48.7 Å². The van der Waals surface area contributed by atoms with Gasteiger partial charge in [0, 0.05) is 25.7 Å². The summed E-state index contributed by atoms with van der Waals surface area (Å²) in [4.78, 5) is 19.8. The molecule has 2 atom stereocenters. The quantitative estimate of drug-likeness (QED) is 0.710. The Kier molecular flexibility index (Phi) is 7.11. The minimum absolute atomic E-state index is 0.0591. The van der Waals surface area contributed by atoms with E-state index in [2.05, 4.69) is 15.2 Å². The molecule has 1 aliphatic heterocycles. The van der Waals surface area contributed by atoms with Crippen molar-refractivity contribution in [3.05, 3.63) is 65.7 Å². The summed E-state index contributed by atoms with van der Waals surface area (Å²) in [5.41, 5.74) is 2.07. The molecule has 2 aliphatic rings. The first-order valence-electron chi connectivity index (χ1n) is 11.3. The normalized spacial score (nSPS) is 21.4. The number of carbonyl (C=O) groups is 1. The van der Waals surface area contributed by atoms with Crippen LogP contribution in [-0.2, 0) is 11.3 Å². The topological polar surface area (TPSA) is 45.2 Å². The Balaban J connectivity index is 1.43. The van der Waals surface area contributed by atoms with Crippen molar-refractivity contribution < 1.29 is 9.18 Å². The van der Waals surface area contributed by atoms with Crippen molar-refractivity contribution in [3.63, 3.8) is 0 Å². The fraction of sp³-hybridized carbons (Fsp3) is 0.520. The molecule has 1 aromatic heterocycles. The molecule has 2 fully saturated rings. The second-order valence-electron chi connectivity index (χ2n) is 8.92. The van der Waals surface area contributed by atoms with Crippen molar-refractivity contribution >= 4 is 5.91 Å². The van der Waals surface area contributed by atoms with Gasteiger partial charge in [0.15, 0.2) is 0 Å². The number of pyridine rings is 1. The largest absolute Gasteiger partial charge is 0.347 e. The van der Waals surface area contributed by atoms with E-state index in [1.807, 2.05) is 36.5 Å². The number of rotatable bonds is 7. The molecule has 1 N–H and O–H groups in total. The number of aromatic nitrogens is 1. The Bertz CT molecular complexity index is 805. The number of hydrogen-bond donors (Lipinski definition) is 1. The van der Waals surface area contributed by atoms with Crippen molar-refractivity contribution in [1.29, 1.82) is 0 Å². The van der Waals surface area contributed by atoms with Crippen LogP contribution in [0.3, 0.4) is 0 Å². The molecular weight excluding hydrogens is 377 g/mol. The third-order valence-corrected chi connectivity index (χ3v) is 6.60. The molecule has 0 bridgehead atoms. The van der Waals surface area contributed by atoms with Crippen LogP contribution in [0.5, 0.6) is 0 Å². The summed E-state index contributed by atoms with van der Waals surface area (Å²) in [6.45, 7) is 2.74. The molecule has 0 radical (unpaired) electrons. The maximum absolute atomic E-state index is 13.2. The Morgan fingerprint density at radius 3 is 2.63 bits per heavy atom. The zero-order chi connectivity index (χ0) is 20.8. The fourth-order valence-corrected chi connectivity index (χ4v) is 5.06. The van der Waals surface area contributed by atoms with E-state index in [9.17, 15) is 9.18 Å². The number of nitrogens with zero attached hydrogens (tertiary/aromatic N) is 2. The van der Waals surface area contributed by atoms with Gasteiger partial charge in [0.1, 0.15) is 5.82 Å². The van der Waals surface area contributed by atoms with E-state index in [4.69, 9.17) is 0 Å². The summed E-state index contributed by atoms with van der Waals surface area (Å²) in [7, 11) is 0. The lowest BCUT2D eigenvalue weighted by atomic mass is 9.87. The highest BCUT2D eigenvalue weighted by molar-refractivity contribution is 5.76. The Labute approximate surface area is 178 Å². The SMILES string of the molecule is O=C(CC1CCCC1)N[C@@H](c1ccccn1)[C@H]1CCCN(Cc2ccc(F)cc2)C1. The van der Waals surface area contributed by atoms with Crippen molar-refractivity contribution in [3.8, 4) is 0 Å². The average molecular weight is 410 g/mol. The van der Waals surface area contributed by atoms with Gasteiger partial charge in [-0.3, -0.25) is 14.7 Å². The summed E-state index contributed by atoms with van der Waals surface area (Å²) < 4.78 is 13.2. The van der Waals surface area contributed by atoms with Crippen molar-refractivity contribution in [2.45, 2.75) is 57.5 Å². The monoisotopic (exact) mass is 409 g/mol. The van der Waals surface area contributed by atoms with E-state index in [-0.39, 0.29) is 17.8 Å². The lowest BCUT2D eigenvalue weighted by Gasteiger charge is -2.37. The summed E-state index contributed by atoms with van der Waals surface area (Å²) in [6.07, 6.45) is 9.47. The molecule has 1 aromatic carbocycles. The van der Waals surface area contributed by atoms with Gasteiger partial charge >= 0.3 is 0 Å². The summed E-state index contributed by atoms with van der Waals surface area (Å²) in [5, 5.41) is 3.34. The molecule has 1 saturated carbocycles. The molecule has 1 saturated heterocycles. The van der Waals surface area contributed by atoms with E-state index in [1.54, 1.807) is 0 Å². The molecule has 1 aliphatic carbocycles. The number of nitrogens with one attached hydrogen (secondary N) is 1. The van der Waals surface area contributed by atoms with Crippen LogP contribution < -0.4 is 5.32 Å². The minimum atomic E-state index is -0.199. The molecule has 160 valence electrons. The number of amides is 1. The average Bonchev–Trinajstić information content (AvgIpc) is 3.27. The Hall–Kier alpha value is -2.27. The zero-order valence-electron chi connectivity index (χ0n) is 17.6. The van der Waals surface area contributed by atoms with Crippen LogP contribution in [0, 0.1) is 17.7 Å². The molecule has 4 rings (SSSR count). The number of hydrogen-bond acceptors (Lipinski definition) is 3. The summed E-state index contributed by atoms with van der Waals surface area (Å²) >= 11 is 0. The van der Waals surface area contributed by atoms with Crippen LogP contribution in [0.25, 0.3) is 0 Å². The summed E-state index contributed by atoms with van der Waals surface area (Å²) in [6, 6.07) is 12.7. The first-order valence-corrected chi connectivity index (χ1v) is 11.3. The maximum Gasteiger partial charge on any atom is 0.220 e. The van der Waals surface area contributed by atoms with Crippen LogP contribution in [0.4, 0.5) is 4.39 Å². The predicted octanol–water partition coefficient (Wildman–Crippen LogP) is 4.87. The molecule has 1 amide bonds. The maximum atomic E-state index is 13.2. The van der Waals surface area contributed by atoms with Gasteiger partial charge in [0.05, 0.1) is 11.7 Å². The highest BCUT2D eigenvalue weighted by Gasteiger charge is 2.31. The highest BCUT2D eigenvalue weighted by atomic mass is 19.1. The third-order valence-electron chi connectivity index (χ3n) is 6.60. The Morgan fingerprint density at radius 1 is 1.10 bits per heavy atom. The molecule has 0 spiro atoms. The van der Waals surface area contributed by atoms with Gasteiger partial charge in [-0.15, -0.1) is 0 Å². The molecule has 2 aromatic rings. The predicted molar refractivity (Wildman–Crippen MR) is 116 cm³/mol. The third kappa shape index (κ3) is 5.66. The molecule has 4 nitrogen and oxygen atoms in total. The van der Waals surface area contributed by atoms with Gasteiger partial charge in [0.2, 0.25) is 5.91 Å². The molecule has 5 heteroatoms. The second kappa shape index (κ2) is 10.2. The van der Waals surface area contributed by atoms with E-state index in [1.165, 1.54) is 37.8 Å². The summed E-state index contributed by atoms with van der Waals surface area (Å²) in [5.74, 6) is 0.820. The molecule has 30 heavy (non-hydrogen) atoms. The number of halogens is 1. The lowest BCUT2D eigenvalue weighted by Crippen LogP contribution is -2.43.